The molecule has 0 spiro atoms. The van der Waals surface area contributed by atoms with Crippen LogP contribution in [-0.4, -0.2) is 29.7 Å². The van der Waals surface area contributed by atoms with E-state index in [1.807, 2.05) is 30.3 Å². The zero-order valence-corrected chi connectivity index (χ0v) is 13.5. The number of carboxylic acids is 1. The summed E-state index contributed by atoms with van der Waals surface area (Å²) in [6.45, 7) is 2.43. The molecule has 0 bridgehead atoms. The van der Waals surface area contributed by atoms with Gasteiger partial charge in [-0.3, -0.25) is 4.79 Å². The molecular formula is C17H17NO4S. The number of thiophene rings is 1. The van der Waals surface area contributed by atoms with Crippen LogP contribution in [-0.2, 0) is 9.53 Å². The van der Waals surface area contributed by atoms with Crippen LogP contribution in [0.4, 0.5) is 5.69 Å². The predicted octanol–water partition coefficient (Wildman–Crippen LogP) is 3.54. The van der Waals surface area contributed by atoms with Crippen molar-refractivity contribution in [1.82, 2.24) is 0 Å². The number of carboxylic acid groups (broad SMARTS) is 1. The Morgan fingerprint density at radius 2 is 2.04 bits per heavy atom. The quantitative estimate of drug-likeness (QED) is 0.898. The highest BCUT2D eigenvalue weighted by atomic mass is 32.1. The van der Waals surface area contributed by atoms with E-state index in [0.717, 1.165) is 28.8 Å². The summed E-state index contributed by atoms with van der Waals surface area (Å²) in [6, 6.07) is 9.26. The van der Waals surface area contributed by atoms with Gasteiger partial charge < -0.3 is 15.2 Å². The molecule has 23 heavy (non-hydrogen) atoms. The molecular weight excluding hydrogens is 314 g/mol. The fraction of sp³-hybridized carbons (Fsp3) is 0.294. The van der Waals surface area contributed by atoms with Crippen molar-refractivity contribution in [3.05, 3.63) is 40.8 Å². The highest BCUT2D eigenvalue weighted by Gasteiger charge is 2.23. The van der Waals surface area contributed by atoms with Gasteiger partial charge in [0.15, 0.2) is 0 Å². The van der Waals surface area contributed by atoms with Gasteiger partial charge in [-0.05, 0) is 49.1 Å². The molecule has 5 nitrogen and oxygen atoms in total. The normalized spacial score (nSPS) is 17.2. The summed E-state index contributed by atoms with van der Waals surface area (Å²) in [5.74, 6) is -1.02. The molecule has 2 N–H and O–H groups in total. The Balaban J connectivity index is 1.73. The lowest BCUT2D eigenvalue weighted by Crippen LogP contribution is -2.26. The monoisotopic (exact) mass is 331 g/mol. The van der Waals surface area contributed by atoms with Gasteiger partial charge in [-0.25, -0.2) is 4.79 Å². The molecule has 3 rings (SSSR count). The summed E-state index contributed by atoms with van der Waals surface area (Å²) in [4.78, 5) is 24.4. The third kappa shape index (κ3) is 3.43. The number of nitrogens with one attached hydrogen (secondary N) is 1. The van der Waals surface area contributed by atoms with Gasteiger partial charge >= 0.3 is 5.97 Å². The van der Waals surface area contributed by atoms with Gasteiger partial charge in [-0.1, -0.05) is 12.1 Å². The molecule has 1 amide bonds. The number of rotatable bonds is 4. The molecule has 1 fully saturated rings. The third-order valence-corrected chi connectivity index (χ3v) is 5.05. The topological polar surface area (TPSA) is 75.6 Å². The lowest BCUT2D eigenvalue weighted by atomic mass is 10.1. The van der Waals surface area contributed by atoms with Crippen molar-refractivity contribution in [3.63, 3.8) is 0 Å². The highest BCUT2D eigenvalue weighted by molar-refractivity contribution is 7.17. The molecule has 0 aliphatic carbocycles. The minimum absolute atomic E-state index is 0.115. The van der Waals surface area contributed by atoms with Crippen LogP contribution in [0.5, 0.6) is 0 Å². The lowest BCUT2D eigenvalue weighted by Gasteiger charge is -2.10. The Morgan fingerprint density at radius 1 is 1.30 bits per heavy atom. The van der Waals surface area contributed by atoms with Crippen LogP contribution in [0, 0.1) is 6.92 Å². The number of aromatic carboxylic acids is 1. The van der Waals surface area contributed by atoms with E-state index in [2.05, 4.69) is 5.32 Å². The van der Waals surface area contributed by atoms with E-state index < -0.39 is 5.97 Å². The van der Waals surface area contributed by atoms with Gasteiger partial charge in [0.05, 0.1) is 0 Å². The largest absolute Gasteiger partial charge is 0.477 e. The lowest BCUT2D eigenvalue weighted by molar-refractivity contribution is -0.124. The highest BCUT2D eigenvalue weighted by Crippen LogP contribution is 2.32. The van der Waals surface area contributed by atoms with Crippen molar-refractivity contribution >= 4 is 28.9 Å². The van der Waals surface area contributed by atoms with Crippen molar-refractivity contribution in [3.8, 4) is 10.4 Å². The molecule has 2 aromatic rings. The maximum Gasteiger partial charge on any atom is 0.346 e. The number of carbonyl (C=O) groups is 2. The zero-order chi connectivity index (χ0) is 16.4. The maximum absolute atomic E-state index is 12.0. The fourth-order valence-corrected chi connectivity index (χ4v) is 3.58. The summed E-state index contributed by atoms with van der Waals surface area (Å²) in [5, 5.41) is 12.0. The van der Waals surface area contributed by atoms with E-state index in [4.69, 9.17) is 9.84 Å². The van der Waals surface area contributed by atoms with E-state index in [9.17, 15) is 9.59 Å². The average Bonchev–Trinajstić information content (AvgIpc) is 3.17. The zero-order valence-electron chi connectivity index (χ0n) is 12.7. The number of ether oxygens (including phenoxy) is 1. The standard InChI is InChI=1S/C17H17NO4S/c1-10-9-14(23-15(10)17(20)21)11-4-6-12(7-5-11)18-16(19)13-3-2-8-22-13/h4-7,9,13H,2-3,8H2,1H3,(H,18,19)(H,20,21). The number of hydrogen-bond acceptors (Lipinski definition) is 4. The molecule has 1 aliphatic heterocycles. The van der Waals surface area contributed by atoms with Crippen LogP contribution in [0.15, 0.2) is 30.3 Å². The Kier molecular flexibility index (Phi) is 4.45. The molecule has 120 valence electrons. The molecule has 0 radical (unpaired) electrons. The second-order valence-corrected chi connectivity index (χ2v) is 6.55. The Bertz CT molecular complexity index is 730. The Morgan fingerprint density at radius 3 is 2.61 bits per heavy atom. The van der Waals surface area contributed by atoms with E-state index in [1.54, 1.807) is 6.92 Å². The molecule has 1 aliphatic rings. The average molecular weight is 331 g/mol. The molecule has 0 saturated carbocycles. The van der Waals surface area contributed by atoms with Crippen molar-refractivity contribution in [2.45, 2.75) is 25.9 Å². The molecule has 1 aromatic heterocycles. The number of benzene rings is 1. The number of hydrogen-bond donors (Lipinski definition) is 2. The second kappa shape index (κ2) is 6.52. The summed E-state index contributed by atoms with van der Waals surface area (Å²) in [5.41, 5.74) is 2.40. The minimum atomic E-state index is -0.904. The van der Waals surface area contributed by atoms with Crippen molar-refractivity contribution in [2.75, 3.05) is 11.9 Å². The second-order valence-electron chi connectivity index (χ2n) is 5.50. The Labute approximate surface area is 137 Å². The first-order chi connectivity index (χ1) is 11.0. The molecule has 6 heteroatoms. The molecule has 1 atom stereocenters. The van der Waals surface area contributed by atoms with Gasteiger partial charge in [-0.2, -0.15) is 0 Å². The van der Waals surface area contributed by atoms with Crippen LogP contribution < -0.4 is 5.32 Å². The first-order valence-corrected chi connectivity index (χ1v) is 8.23. The van der Waals surface area contributed by atoms with Gasteiger partial charge in [0.2, 0.25) is 0 Å². The van der Waals surface area contributed by atoms with Gasteiger partial charge in [0.25, 0.3) is 5.91 Å². The third-order valence-electron chi connectivity index (χ3n) is 3.77. The van der Waals surface area contributed by atoms with Gasteiger partial charge in [-0.15, -0.1) is 11.3 Å². The van der Waals surface area contributed by atoms with Crippen molar-refractivity contribution in [2.24, 2.45) is 0 Å². The maximum atomic E-state index is 12.0. The van der Waals surface area contributed by atoms with Crippen LogP contribution in [0.3, 0.4) is 0 Å². The van der Waals surface area contributed by atoms with E-state index in [-0.39, 0.29) is 12.0 Å². The SMILES string of the molecule is Cc1cc(-c2ccc(NC(=O)C3CCCO3)cc2)sc1C(=O)O. The number of carbonyl (C=O) groups excluding carboxylic acids is 1. The van der Waals surface area contributed by atoms with E-state index in [1.165, 1.54) is 11.3 Å². The number of amides is 1. The number of aryl methyl sites for hydroxylation is 1. The first-order valence-electron chi connectivity index (χ1n) is 7.41. The molecule has 1 aromatic carbocycles. The van der Waals surface area contributed by atoms with E-state index >= 15 is 0 Å². The van der Waals surface area contributed by atoms with E-state index in [0.29, 0.717) is 17.2 Å². The first kappa shape index (κ1) is 15.7. The summed E-state index contributed by atoms with van der Waals surface area (Å²) in [6.07, 6.45) is 1.32. The molecule has 1 saturated heterocycles. The predicted molar refractivity (Wildman–Crippen MR) is 89.1 cm³/mol. The van der Waals surface area contributed by atoms with Crippen LogP contribution >= 0.6 is 11.3 Å². The summed E-state index contributed by atoms with van der Waals surface area (Å²) >= 11 is 1.25. The van der Waals surface area contributed by atoms with Crippen molar-refractivity contribution < 1.29 is 19.4 Å². The molecule has 1 unspecified atom stereocenters. The Hall–Kier alpha value is -2.18. The van der Waals surface area contributed by atoms with Gasteiger partial charge in [0.1, 0.15) is 11.0 Å². The van der Waals surface area contributed by atoms with Gasteiger partial charge in [0, 0.05) is 17.2 Å². The van der Waals surface area contributed by atoms with Crippen LogP contribution in [0.1, 0.15) is 28.1 Å². The summed E-state index contributed by atoms with van der Waals surface area (Å²) < 4.78 is 5.35. The fourth-order valence-electron chi connectivity index (χ4n) is 2.56. The smallest absolute Gasteiger partial charge is 0.346 e. The number of anilines is 1. The van der Waals surface area contributed by atoms with Crippen LogP contribution in [0.25, 0.3) is 10.4 Å². The van der Waals surface area contributed by atoms with Crippen LogP contribution in [0.2, 0.25) is 0 Å². The minimum Gasteiger partial charge on any atom is -0.477 e. The summed E-state index contributed by atoms with van der Waals surface area (Å²) in [7, 11) is 0. The molecule has 2 heterocycles. The van der Waals surface area contributed by atoms with Crippen molar-refractivity contribution in [1.29, 1.82) is 0 Å².